The molecule has 0 aliphatic rings. The summed E-state index contributed by atoms with van der Waals surface area (Å²) in [4.78, 5) is 0. The van der Waals surface area contributed by atoms with Gasteiger partial charge in [0.1, 0.15) is 6.33 Å². The SMILES string of the molecule is Cn1cnnc1-n1nccc1C(F)(F)F. The van der Waals surface area contributed by atoms with Crippen molar-refractivity contribution in [2.24, 2.45) is 7.05 Å². The zero-order valence-electron chi connectivity index (χ0n) is 7.60. The van der Waals surface area contributed by atoms with Gasteiger partial charge < -0.3 is 4.57 Å². The number of hydrogen-bond donors (Lipinski definition) is 0. The Hall–Kier alpha value is -1.86. The van der Waals surface area contributed by atoms with Gasteiger partial charge in [-0.25, -0.2) is 0 Å². The highest BCUT2D eigenvalue weighted by Crippen LogP contribution is 2.29. The smallest absolute Gasteiger partial charge is 0.301 e. The minimum atomic E-state index is -4.46. The van der Waals surface area contributed by atoms with E-state index in [-0.39, 0.29) is 5.95 Å². The Morgan fingerprint density at radius 2 is 2.07 bits per heavy atom. The fourth-order valence-electron chi connectivity index (χ4n) is 1.15. The van der Waals surface area contributed by atoms with E-state index in [1.807, 2.05) is 0 Å². The van der Waals surface area contributed by atoms with Crippen LogP contribution in [0.15, 0.2) is 18.6 Å². The number of aryl methyl sites for hydroxylation is 1. The van der Waals surface area contributed by atoms with Crippen LogP contribution >= 0.6 is 0 Å². The minimum Gasteiger partial charge on any atom is -0.301 e. The van der Waals surface area contributed by atoms with Crippen molar-refractivity contribution in [3.63, 3.8) is 0 Å². The van der Waals surface area contributed by atoms with Gasteiger partial charge in [-0.15, -0.1) is 10.2 Å². The molecule has 0 spiro atoms. The molecule has 0 aromatic carbocycles. The lowest BCUT2D eigenvalue weighted by atomic mass is 10.4. The van der Waals surface area contributed by atoms with Crippen LogP contribution in [0.2, 0.25) is 0 Å². The van der Waals surface area contributed by atoms with Gasteiger partial charge in [0.15, 0.2) is 5.69 Å². The Morgan fingerprint density at radius 3 is 2.60 bits per heavy atom. The molecule has 2 aromatic heterocycles. The van der Waals surface area contributed by atoms with Crippen molar-refractivity contribution in [3.05, 3.63) is 24.3 Å². The summed E-state index contributed by atoms with van der Waals surface area (Å²) in [7, 11) is 1.54. The van der Waals surface area contributed by atoms with Gasteiger partial charge in [0, 0.05) is 7.05 Å². The second kappa shape index (κ2) is 3.07. The van der Waals surface area contributed by atoms with Crippen LogP contribution in [0.1, 0.15) is 5.69 Å². The van der Waals surface area contributed by atoms with Crippen LogP contribution in [0.5, 0.6) is 0 Å². The van der Waals surface area contributed by atoms with Crippen molar-refractivity contribution >= 4 is 0 Å². The normalized spacial score (nSPS) is 12.0. The van der Waals surface area contributed by atoms with Crippen LogP contribution in [-0.4, -0.2) is 24.5 Å². The standard InChI is InChI=1S/C7H6F3N5/c1-14-4-11-13-6(14)15-5(2-3-12-15)7(8,9)10/h2-4H,1H3. The predicted molar refractivity (Wildman–Crippen MR) is 43.1 cm³/mol. The second-order valence-corrected chi connectivity index (χ2v) is 2.87. The summed E-state index contributed by atoms with van der Waals surface area (Å²) in [6.45, 7) is 0. The molecule has 0 saturated heterocycles. The van der Waals surface area contributed by atoms with E-state index in [1.54, 1.807) is 0 Å². The van der Waals surface area contributed by atoms with Crippen LogP contribution in [0.25, 0.3) is 5.95 Å². The number of alkyl halides is 3. The van der Waals surface area contributed by atoms with Crippen molar-refractivity contribution < 1.29 is 13.2 Å². The molecular weight excluding hydrogens is 211 g/mol. The van der Waals surface area contributed by atoms with Crippen molar-refractivity contribution in [1.82, 2.24) is 24.5 Å². The summed E-state index contributed by atoms with van der Waals surface area (Å²) in [6.07, 6.45) is -2.09. The van der Waals surface area contributed by atoms with Crippen LogP contribution < -0.4 is 0 Å². The lowest BCUT2D eigenvalue weighted by Crippen LogP contribution is -2.15. The first-order valence-electron chi connectivity index (χ1n) is 3.96. The van der Waals surface area contributed by atoms with Crippen LogP contribution in [0, 0.1) is 0 Å². The molecule has 0 atom stereocenters. The third-order valence-electron chi connectivity index (χ3n) is 1.81. The molecule has 0 amide bonds. The average Bonchev–Trinajstić information content (AvgIpc) is 2.69. The first kappa shape index (κ1) is 9.69. The summed E-state index contributed by atoms with van der Waals surface area (Å²) in [6, 6.07) is 0.884. The zero-order chi connectivity index (χ0) is 11.1. The van der Waals surface area contributed by atoms with Crippen LogP contribution in [0.3, 0.4) is 0 Å². The molecule has 0 bridgehead atoms. The van der Waals surface area contributed by atoms with Crippen LogP contribution in [-0.2, 0) is 13.2 Å². The van der Waals surface area contributed by atoms with E-state index in [2.05, 4.69) is 15.3 Å². The molecule has 0 saturated carbocycles. The number of hydrogen-bond acceptors (Lipinski definition) is 3. The topological polar surface area (TPSA) is 48.5 Å². The molecule has 0 fully saturated rings. The largest absolute Gasteiger partial charge is 0.433 e. The van der Waals surface area contributed by atoms with Crippen molar-refractivity contribution in [2.75, 3.05) is 0 Å². The first-order chi connectivity index (χ1) is 7.00. The van der Waals surface area contributed by atoms with E-state index in [9.17, 15) is 13.2 Å². The second-order valence-electron chi connectivity index (χ2n) is 2.87. The zero-order valence-corrected chi connectivity index (χ0v) is 7.60. The average molecular weight is 217 g/mol. The van der Waals surface area contributed by atoms with E-state index in [0.717, 1.165) is 12.3 Å². The van der Waals surface area contributed by atoms with Gasteiger partial charge in [0.25, 0.3) is 5.95 Å². The third kappa shape index (κ3) is 1.58. The maximum atomic E-state index is 12.5. The number of nitrogens with zero attached hydrogens (tertiary/aromatic N) is 5. The molecule has 0 N–H and O–H groups in total. The Bertz CT molecular complexity index is 469. The molecule has 0 radical (unpaired) electrons. The summed E-state index contributed by atoms with van der Waals surface area (Å²) in [5.41, 5.74) is -0.876. The number of halogens is 3. The number of aromatic nitrogens is 5. The summed E-state index contributed by atoms with van der Waals surface area (Å²) in [5, 5.41) is 10.6. The van der Waals surface area contributed by atoms with Gasteiger partial charge in [-0.3, -0.25) is 0 Å². The van der Waals surface area contributed by atoms with Gasteiger partial charge in [-0.05, 0) is 6.07 Å². The molecule has 8 heteroatoms. The molecule has 2 heterocycles. The molecule has 2 aromatic rings. The lowest BCUT2D eigenvalue weighted by Gasteiger charge is -2.08. The Labute approximate surface area is 82.1 Å². The van der Waals surface area contributed by atoms with Crippen molar-refractivity contribution in [1.29, 1.82) is 0 Å². The third-order valence-corrected chi connectivity index (χ3v) is 1.81. The van der Waals surface area contributed by atoms with Gasteiger partial charge in [0.05, 0.1) is 6.20 Å². The lowest BCUT2D eigenvalue weighted by molar-refractivity contribution is -0.143. The van der Waals surface area contributed by atoms with Crippen molar-refractivity contribution in [3.8, 4) is 5.95 Å². The summed E-state index contributed by atoms with van der Waals surface area (Å²) in [5.74, 6) is 0.0207. The summed E-state index contributed by atoms with van der Waals surface area (Å²) >= 11 is 0. The molecule has 0 aliphatic heterocycles. The minimum absolute atomic E-state index is 0.0207. The predicted octanol–water partition coefficient (Wildman–Crippen LogP) is 1.02. The summed E-state index contributed by atoms with van der Waals surface area (Å²) < 4.78 is 39.5. The first-order valence-corrected chi connectivity index (χ1v) is 3.96. The quantitative estimate of drug-likeness (QED) is 0.716. The molecule has 5 nitrogen and oxygen atoms in total. The van der Waals surface area contributed by atoms with E-state index >= 15 is 0 Å². The van der Waals surface area contributed by atoms with E-state index in [1.165, 1.54) is 17.9 Å². The fourth-order valence-corrected chi connectivity index (χ4v) is 1.15. The Kier molecular flexibility index (Phi) is 1.98. The highest BCUT2D eigenvalue weighted by atomic mass is 19.4. The molecule has 0 aliphatic carbocycles. The van der Waals surface area contributed by atoms with E-state index in [0.29, 0.717) is 4.68 Å². The van der Waals surface area contributed by atoms with Crippen LogP contribution in [0.4, 0.5) is 13.2 Å². The van der Waals surface area contributed by atoms with Gasteiger partial charge in [-0.2, -0.15) is 23.0 Å². The van der Waals surface area contributed by atoms with E-state index < -0.39 is 11.9 Å². The van der Waals surface area contributed by atoms with Gasteiger partial charge in [0.2, 0.25) is 0 Å². The fraction of sp³-hybridized carbons (Fsp3) is 0.286. The molecule has 80 valence electrons. The monoisotopic (exact) mass is 217 g/mol. The highest BCUT2D eigenvalue weighted by molar-refractivity contribution is 5.17. The Balaban J connectivity index is 2.56. The molecule has 0 unspecified atom stereocenters. The van der Waals surface area contributed by atoms with Gasteiger partial charge in [-0.1, -0.05) is 0 Å². The maximum Gasteiger partial charge on any atom is 0.433 e. The molecule has 15 heavy (non-hydrogen) atoms. The molecular formula is C7H6F3N5. The highest BCUT2D eigenvalue weighted by Gasteiger charge is 2.35. The van der Waals surface area contributed by atoms with Gasteiger partial charge >= 0.3 is 6.18 Å². The van der Waals surface area contributed by atoms with Crippen molar-refractivity contribution in [2.45, 2.75) is 6.18 Å². The Morgan fingerprint density at radius 1 is 1.33 bits per heavy atom. The number of rotatable bonds is 1. The van der Waals surface area contributed by atoms with E-state index in [4.69, 9.17) is 0 Å². The molecule has 2 rings (SSSR count). The maximum absolute atomic E-state index is 12.5.